The number of nitrogens with zero attached hydrogens (tertiary/aromatic N) is 2. The predicted octanol–water partition coefficient (Wildman–Crippen LogP) is 4.09. The van der Waals surface area contributed by atoms with Gasteiger partial charge in [0.15, 0.2) is 0 Å². The molecule has 1 saturated heterocycles. The number of aryl methyl sites for hydroxylation is 1. The highest BCUT2D eigenvalue weighted by Crippen LogP contribution is 2.29. The number of ether oxygens (including phenoxy) is 1. The van der Waals surface area contributed by atoms with Crippen molar-refractivity contribution in [1.29, 1.82) is 0 Å². The lowest BCUT2D eigenvalue weighted by Crippen LogP contribution is -2.50. The van der Waals surface area contributed by atoms with Crippen LogP contribution in [0.2, 0.25) is 0 Å². The fourth-order valence-corrected chi connectivity index (χ4v) is 2.37. The second kappa shape index (κ2) is 8.99. The molecule has 0 N–H and O–H groups in total. The zero-order valence-corrected chi connectivity index (χ0v) is 14.9. The molecule has 0 bridgehead atoms. The van der Waals surface area contributed by atoms with Crippen LogP contribution < -0.4 is 9.64 Å². The zero-order chi connectivity index (χ0) is 16.7. The van der Waals surface area contributed by atoms with Gasteiger partial charge in [-0.1, -0.05) is 26.7 Å². The van der Waals surface area contributed by atoms with Gasteiger partial charge in [0, 0.05) is 31.7 Å². The molecule has 1 atom stereocenters. The normalized spacial score (nSPS) is 18.7. The molecule has 1 unspecified atom stereocenters. The van der Waals surface area contributed by atoms with E-state index in [0.717, 1.165) is 30.9 Å². The van der Waals surface area contributed by atoms with Crippen molar-refractivity contribution in [3.63, 3.8) is 0 Å². The van der Waals surface area contributed by atoms with E-state index in [0.29, 0.717) is 11.7 Å². The van der Waals surface area contributed by atoms with Crippen LogP contribution in [0.4, 0.5) is 10.1 Å². The highest BCUT2D eigenvalue weighted by Gasteiger charge is 2.23. The topological polar surface area (TPSA) is 15.7 Å². The van der Waals surface area contributed by atoms with Gasteiger partial charge in [0.25, 0.3) is 0 Å². The minimum absolute atomic E-state index is 0.162. The van der Waals surface area contributed by atoms with Crippen LogP contribution in [0.1, 0.15) is 39.2 Å². The Morgan fingerprint density at radius 3 is 2.36 bits per heavy atom. The number of rotatable bonds is 3. The van der Waals surface area contributed by atoms with Gasteiger partial charge in [-0.2, -0.15) is 0 Å². The standard InChI is InChI=1S/C14H21FN2O.C4H10/c1-10-7-12(15)13(8-14(10)18-4)17-6-5-16(3)11(2)9-17;1-3-4-2/h7-8,11H,5-6,9H2,1-4H3;3-4H2,1-2H3. The first-order valence-electron chi connectivity index (χ1n) is 8.23. The smallest absolute Gasteiger partial charge is 0.147 e. The zero-order valence-electron chi connectivity index (χ0n) is 14.9. The van der Waals surface area contributed by atoms with Gasteiger partial charge in [-0.3, -0.25) is 0 Å². The number of piperazine rings is 1. The van der Waals surface area contributed by atoms with Crippen LogP contribution in [0.25, 0.3) is 0 Å². The maximum absolute atomic E-state index is 14.1. The highest BCUT2D eigenvalue weighted by atomic mass is 19.1. The largest absolute Gasteiger partial charge is 0.496 e. The van der Waals surface area contributed by atoms with Crippen LogP contribution in [0.3, 0.4) is 0 Å². The number of hydrogen-bond donors (Lipinski definition) is 0. The minimum atomic E-state index is -0.162. The monoisotopic (exact) mass is 310 g/mol. The third kappa shape index (κ3) is 4.87. The second-order valence-electron chi connectivity index (χ2n) is 6.05. The summed E-state index contributed by atoms with van der Waals surface area (Å²) >= 11 is 0. The van der Waals surface area contributed by atoms with Crippen molar-refractivity contribution < 1.29 is 9.13 Å². The van der Waals surface area contributed by atoms with E-state index in [1.165, 1.54) is 12.8 Å². The molecule has 0 saturated carbocycles. The molecule has 22 heavy (non-hydrogen) atoms. The summed E-state index contributed by atoms with van der Waals surface area (Å²) < 4.78 is 19.3. The summed E-state index contributed by atoms with van der Waals surface area (Å²) in [6, 6.07) is 3.80. The number of methoxy groups -OCH3 is 1. The average molecular weight is 310 g/mol. The first kappa shape index (κ1) is 18.8. The molecular formula is C18H31FN2O. The molecule has 1 aromatic rings. The first-order chi connectivity index (χ1) is 10.4. The van der Waals surface area contributed by atoms with Crippen molar-refractivity contribution in [2.75, 3.05) is 38.7 Å². The Labute approximate surface area is 135 Å². The van der Waals surface area contributed by atoms with Crippen molar-refractivity contribution in [2.45, 2.75) is 46.6 Å². The molecule has 1 aromatic carbocycles. The number of likely N-dealkylation sites (N-methyl/N-ethyl adjacent to an activating group) is 1. The van der Waals surface area contributed by atoms with Gasteiger partial charge in [0.2, 0.25) is 0 Å². The number of anilines is 1. The molecule has 0 spiro atoms. The fourth-order valence-electron chi connectivity index (χ4n) is 2.37. The summed E-state index contributed by atoms with van der Waals surface area (Å²) in [5.41, 5.74) is 1.48. The molecule has 1 heterocycles. The van der Waals surface area contributed by atoms with Crippen molar-refractivity contribution >= 4 is 5.69 Å². The van der Waals surface area contributed by atoms with Gasteiger partial charge in [0.05, 0.1) is 12.8 Å². The summed E-state index contributed by atoms with van der Waals surface area (Å²) in [4.78, 5) is 4.39. The summed E-state index contributed by atoms with van der Waals surface area (Å²) in [5.74, 6) is 0.586. The molecule has 0 amide bonds. The van der Waals surface area contributed by atoms with Crippen LogP contribution >= 0.6 is 0 Å². The molecule has 0 aliphatic carbocycles. The molecule has 3 nitrogen and oxygen atoms in total. The lowest BCUT2D eigenvalue weighted by atomic mass is 10.1. The molecule has 126 valence electrons. The molecule has 0 aromatic heterocycles. The number of unbranched alkanes of at least 4 members (excludes halogenated alkanes) is 1. The van der Waals surface area contributed by atoms with Crippen LogP contribution in [0.5, 0.6) is 5.75 Å². The maximum atomic E-state index is 14.1. The van der Waals surface area contributed by atoms with E-state index in [1.807, 2.05) is 13.0 Å². The Kier molecular flexibility index (Phi) is 7.66. The van der Waals surface area contributed by atoms with Gasteiger partial charge in [-0.25, -0.2) is 4.39 Å². The summed E-state index contributed by atoms with van der Waals surface area (Å²) in [6.45, 7) is 11.0. The van der Waals surface area contributed by atoms with Crippen LogP contribution in [0, 0.1) is 12.7 Å². The van der Waals surface area contributed by atoms with Gasteiger partial charge in [-0.05, 0) is 32.5 Å². The Balaban J connectivity index is 0.000000541. The molecule has 1 fully saturated rings. The van der Waals surface area contributed by atoms with E-state index in [2.05, 4.69) is 37.6 Å². The molecule has 1 aliphatic heterocycles. The Bertz CT molecular complexity index is 463. The number of halogens is 1. The Hall–Kier alpha value is -1.29. The van der Waals surface area contributed by atoms with Crippen molar-refractivity contribution in [3.8, 4) is 5.75 Å². The second-order valence-corrected chi connectivity index (χ2v) is 6.05. The van der Waals surface area contributed by atoms with E-state index in [1.54, 1.807) is 13.2 Å². The van der Waals surface area contributed by atoms with E-state index in [4.69, 9.17) is 4.74 Å². The van der Waals surface area contributed by atoms with Crippen molar-refractivity contribution in [2.24, 2.45) is 0 Å². The minimum Gasteiger partial charge on any atom is -0.496 e. The third-order valence-corrected chi connectivity index (χ3v) is 4.26. The van der Waals surface area contributed by atoms with Gasteiger partial charge in [-0.15, -0.1) is 0 Å². The Morgan fingerprint density at radius 2 is 1.86 bits per heavy atom. The average Bonchev–Trinajstić information content (AvgIpc) is 2.51. The summed E-state index contributed by atoms with van der Waals surface area (Å²) in [6.07, 6.45) is 2.64. The summed E-state index contributed by atoms with van der Waals surface area (Å²) in [7, 11) is 3.73. The number of hydrogen-bond acceptors (Lipinski definition) is 3. The molecule has 4 heteroatoms. The summed E-state index contributed by atoms with van der Waals surface area (Å²) in [5, 5.41) is 0. The Morgan fingerprint density at radius 1 is 1.23 bits per heavy atom. The van der Waals surface area contributed by atoms with Crippen molar-refractivity contribution in [1.82, 2.24) is 4.90 Å². The quantitative estimate of drug-likeness (QED) is 0.836. The molecule has 1 aliphatic rings. The number of benzene rings is 1. The van der Waals surface area contributed by atoms with Crippen LogP contribution in [-0.4, -0.2) is 44.7 Å². The lowest BCUT2D eigenvalue weighted by molar-refractivity contribution is 0.233. The fraction of sp³-hybridized carbons (Fsp3) is 0.667. The predicted molar refractivity (Wildman–Crippen MR) is 92.6 cm³/mol. The van der Waals surface area contributed by atoms with E-state index in [-0.39, 0.29) is 5.82 Å². The van der Waals surface area contributed by atoms with Crippen LogP contribution in [0.15, 0.2) is 12.1 Å². The molecule has 0 radical (unpaired) electrons. The third-order valence-electron chi connectivity index (χ3n) is 4.26. The molecular weight excluding hydrogens is 279 g/mol. The van der Waals surface area contributed by atoms with E-state index >= 15 is 0 Å². The first-order valence-corrected chi connectivity index (χ1v) is 8.23. The molecule has 2 rings (SSSR count). The van der Waals surface area contributed by atoms with Gasteiger partial charge >= 0.3 is 0 Å². The van der Waals surface area contributed by atoms with Gasteiger partial charge < -0.3 is 14.5 Å². The van der Waals surface area contributed by atoms with E-state index in [9.17, 15) is 4.39 Å². The van der Waals surface area contributed by atoms with Gasteiger partial charge in [0.1, 0.15) is 11.6 Å². The van der Waals surface area contributed by atoms with Crippen molar-refractivity contribution in [3.05, 3.63) is 23.5 Å². The van der Waals surface area contributed by atoms with E-state index < -0.39 is 0 Å². The maximum Gasteiger partial charge on any atom is 0.147 e. The van der Waals surface area contributed by atoms with Crippen LogP contribution in [-0.2, 0) is 0 Å². The SMILES string of the molecule is CCCC.COc1cc(N2CCN(C)C(C)C2)c(F)cc1C. The highest BCUT2D eigenvalue weighted by molar-refractivity contribution is 5.55. The lowest BCUT2D eigenvalue weighted by Gasteiger charge is -2.39.